The lowest BCUT2D eigenvalue weighted by Gasteiger charge is -2.12. The molecule has 236 valence electrons. The number of ether oxygens (including phenoxy) is 1. The van der Waals surface area contributed by atoms with Crippen LogP contribution in [0.1, 0.15) is 38.6 Å². The summed E-state index contributed by atoms with van der Waals surface area (Å²) in [6, 6.07) is 13.6. The van der Waals surface area contributed by atoms with E-state index < -0.39 is 23.4 Å². The number of aromatic carboxylic acids is 1. The molecule has 0 bridgehead atoms. The predicted octanol–water partition coefficient (Wildman–Crippen LogP) is 6.53. The van der Waals surface area contributed by atoms with Gasteiger partial charge in [0.2, 0.25) is 0 Å². The summed E-state index contributed by atoms with van der Waals surface area (Å²) in [5.74, 6) is -2.77. The summed E-state index contributed by atoms with van der Waals surface area (Å²) in [6.07, 6.45) is 1.23. The second kappa shape index (κ2) is 13.3. The highest BCUT2D eigenvalue weighted by Gasteiger charge is 2.19. The Morgan fingerprint density at radius 3 is 2.60 bits per heavy atom. The summed E-state index contributed by atoms with van der Waals surface area (Å²) in [4.78, 5) is 28.8. The van der Waals surface area contributed by atoms with E-state index in [2.05, 4.69) is 25.3 Å². The molecule has 0 spiro atoms. The lowest BCUT2D eigenvalue weighted by Crippen LogP contribution is -2.14. The molecule has 0 atom stereocenters. The minimum Gasteiger partial charge on any atom is -0.478 e. The maximum absolute atomic E-state index is 15.6. The summed E-state index contributed by atoms with van der Waals surface area (Å²) in [5, 5.41) is 24.3. The van der Waals surface area contributed by atoms with E-state index in [9.17, 15) is 14.3 Å². The second-order valence-corrected chi connectivity index (χ2v) is 11.3. The van der Waals surface area contributed by atoms with Crippen LogP contribution in [0.5, 0.6) is 6.01 Å². The van der Waals surface area contributed by atoms with E-state index in [1.807, 2.05) is 18.4 Å². The SMILES string of the molecule is Cc1csc(NCCn2c(Cc3cc(F)c(-c4ccnc(OCc5ccc(C#N)cc5F)n4)cc3F)nc3ccc(C(=O)O)cc32)n1. The molecule has 6 rings (SSSR count). The number of aromatic nitrogens is 5. The van der Waals surface area contributed by atoms with Crippen molar-refractivity contribution in [3.8, 4) is 23.3 Å². The van der Waals surface area contributed by atoms with Crippen LogP contribution in [0.4, 0.5) is 18.3 Å². The third-order valence-corrected chi connectivity index (χ3v) is 8.16. The van der Waals surface area contributed by atoms with Gasteiger partial charge in [-0.2, -0.15) is 10.2 Å². The van der Waals surface area contributed by atoms with E-state index in [-0.39, 0.29) is 52.5 Å². The van der Waals surface area contributed by atoms with Crippen LogP contribution >= 0.6 is 11.3 Å². The first-order valence-electron chi connectivity index (χ1n) is 14.2. The number of carboxylic acid groups (broad SMARTS) is 1. The summed E-state index contributed by atoms with van der Waals surface area (Å²) in [7, 11) is 0. The van der Waals surface area contributed by atoms with Crippen molar-refractivity contribution in [2.45, 2.75) is 26.5 Å². The zero-order chi connectivity index (χ0) is 33.1. The third kappa shape index (κ3) is 6.90. The normalized spacial score (nSPS) is 11.0. The van der Waals surface area contributed by atoms with Gasteiger partial charge in [0.05, 0.1) is 39.6 Å². The van der Waals surface area contributed by atoms with Crippen molar-refractivity contribution < 1.29 is 27.8 Å². The summed E-state index contributed by atoms with van der Waals surface area (Å²) >= 11 is 1.45. The van der Waals surface area contributed by atoms with Gasteiger partial charge in [-0.15, -0.1) is 11.3 Å². The molecule has 14 heteroatoms. The average molecular weight is 656 g/mol. The minimum absolute atomic E-state index is 0.0339. The molecule has 0 aliphatic carbocycles. The van der Waals surface area contributed by atoms with Crippen LogP contribution in [0.15, 0.2) is 66.2 Å². The van der Waals surface area contributed by atoms with E-state index in [1.165, 1.54) is 47.9 Å². The molecule has 0 fully saturated rings. The Hall–Kier alpha value is -5.81. The highest BCUT2D eigenvalue weighted by atomic mass is 32.1. The lowest BCUT2D eigenvalue weighted by atomic mass is 10.0. The number of nitrogens with zero attached hydrogens (tertiary/aromatic N) is 6. The van der Waals surface area contributed by atoms with Crippen molar-refractivity contribution in [1.29, 1.82) is 5.26 Å². The van der Waals surface area contributed by atoms with E-state index in [0.29, 0.717) is 29.9 Å². The van der Waals surface area contributed by atoms with E-state index >= 15 is 8.78 Å². The third-order valence-electron chi connectivity index (χ3n) is 7.24. The zero-order valence-corrected chi connectivity index (χ0v) is 25.5. The van der Waals surface area contributed by atoms with Crippen LogP contribution < -0.4 is 10.1 Å². The quantitative estimate of drug-likeness (QED) is 0.160. The van der Waals surface area contributed by atoms with Gasteiger partial charge in [0, 0.05) is 42.2 Å². The molecular formula is C33H24F3N7O3S. The second-order valence-electron chi connectivity index (χ2n) is 10.4. The molecule has 0 saturated heterocycles. The number of benzene rings is 3. The fourth-order valence-electron chi connectivity index (χ4n) is 4.93. The molecule has 0 aliphatic rings. The Morgan fingerprint density at radius 2 is 1.85 bits per heavy atom. The number of fused-ring (bicyclic) bond motifs is 1. The smallest absolute Gasteiger partial charge is 0.335 e. The van der Waals surface area contributed by atoms with E-state index in [4.69, 9.17) is 10.00 Å². The molecule has 0 radical (unpaired) electrons. The van der Waals surface area contributed by atoms with Gasteiger partial charge in [-0.25, -0.2) is 32.9 Å². The van der Waals surface area contributed by atoms with Gasteiger partial charge in [-0.1, -0.05) is 6.07 Å². The molecule has 6 aromatic rings. The highest BCUT2D eigenvalue weighted by Crippen LogP contribution is 2.28. The molecule has 3 aromatic carbocycles. The van der Waals surface area contributed by atoms with E-state index in [0.717, 1.165) is 29.0 Å². The van der Waals surface area contributed by atoms with Gasteiger partial charge < -0.3 is 19.7 Å². The molecule has 10 nitrogen and oxygen atoms in total. The summed E-state index contributed by atoms with van der Waals surface area (Å²) in [6.45, 7) is 2.42. The monoisotopic (exact) mass is 655 g/mol. The molecule has 3 heterocycles. The summed E-state index contributed by atoms with van der Waals surface area (Å²) < 4.78 is 52.6. The molecule has 47 heavy (non-hydrogen) atoms. The lowest BCUT2D eigenvalue weighted by molar-refractivity contribution is 0.0697. The van der Waals surface area contributed by atoms with Crippen LogP contribution in [0.3, 0.4) is 0 Å². The van der Waals surface area contributed by atoms with Crippen molar-refractivity contribution in [2.75, 3.05) is 11.9 Å². The number of imidazole rings is 1. The minimum atomic E-state index is -1.10. The standard InChI is InChI=1S/C33H24F3N7O3S/c1-18-17-47-33(40-18)39-8-9-43-29-12-20(31(44)45)4-5-28(29)41-30(43)13-22-11-26(36)23(14-25(22)35)27-6-7-38-32(42-27)46-16-21-3-2-19(15-37)10-24(21)34/h2-7,10-12,14,17H,8-9,13,16H2,1H3,(H,39,40)(H,44,45). The molecule has 3 aromatic heterocycles. The summed E-state index contributed by atoms with van der Waals surface area (Å²) in [5.41, 5.74) is 2.29. The van der Waals surface area contributed by atoms with Crippen LogP contribution in [0.25, 0.3) is 22.3 Å². The number of halogens is 3. The van der Waals surface area contributed by atoms with Crippen LogP contribution in [-0.2, 0) is 19.6 Å². The van der Waals surface area contributed by atoms with Gasteiger partial charge in [-0.3, -0.25) is 0 Å². The fourth-order valence-corrected chi connectivity index (χ4v) is 5.64. The molecule has 0 aliphatic heterocycles. The first-order chi connectivity index (χ1) is 22.7. The zero-order valence-electron chi connectivity index (χ0n) is 24.7. The van der Waals surface area contributed by atoms with Crippen molar-refractivity contribution in [1.82, 2.24) is 24.5 Å². The number of hydrogen-bond donors (Lipinski definition) is 2. The number of nitriles is 1. The Morgan fingerprint density at radius 1 is 1.02 bits per heavy atom. The Bertz CT molecular complexity index is 2180. The van der Waals surface area contributed by atoms with Gasteiger partial charge in [0.15, 0.2) is 5.13 Å². The van der Waals surface area contributed by atoms with Gasteiger partial charge in [0.1, 0.15) is 29.9 Å². The Labute approximate surface area is 269 Å². The number of nitrogens with one attached hydrogen (secondary N) is 1. The Balaban J connectivity index is 1.25. The highest BCUT2D eigenvalue weighted by molar-refractivity contribution is 7.13. The van der Waals surface area contributed by atoms with Crippen LogP contribution in [0, 0.1) is 35.7 Å². The number of rotatable bonds is 11. The fraction of sp³-hybridized carbons (Fsp3) is 0.152. The molecule has 0 saturated carbocycles. The number of carboxylic acids is 1. The number of anilines is 1. The maximum atomic E-state index is 15.6. The van der Waals surface area contributed by atoms with Crippen LogP contribution in [-0.4, -0.2) is 42.1 Å². The first kappa shape index (κ1) is 31.2. The molecular weight excluding hydrogens is 631 g/mol. The van der Waals surface area contributed by atoms with Crippen molar-refractivity contribution in [3.05, 3.63) is 117 Å². The van der Waals surface area contributed by atoms with Crippen molar-refractivity contribution in [3.63, 3.8) is 0 Å². The van der Waals surface area contributed by atoms with Gasteiger partial charge in [-0.05, 0) is 61.0 Å². The topological polar surface area (TPSA) is 139 Å². The molecule has 2 N–H and O–H groups in total. The predicted molar refractivity (Wildman–Crippen MR) is 168 cm³/mol. The van der Waals surface area contributed by atoms with Gasteiger partial charge >= 0.3 is 12.0 Å². The first-order valence-corrected chi connectivity index (χ1v) is 15.1. The number of carbonyl (C=O) groups is 1. The van der Waals surface area contributed by atoms with Crippen LogP contribution in [0.2, 0.25) is 0 Å². The Kier molecular flexibility index (Phi) is 8.81. The molecule has 0 amide bonds. The number of hydrogen-bond acceptors (Lipinski definition) is 9. The van der Waals surface area contributed by atoms with E-state index in [1.54, 1.807) is 10.6 Å². The van der Waals surface area contributed by atoms with Gasteiger partial charge in [0.25, 0.3) is 0 Å². The van der Waals surface area contributed by atoms with Crippen molar-refractivity contribution in [2.24, 2.45) is 0 Å². The maximum Gasteiger partial charge on any atom is 0.335 e. The largest absolute Gasteiger partial charge is 0.478 e. The average Bonchev–Trinajstić information content (AvgIpc) is 3.63. The number of aryl methyl sites for hydroxylation is 1. The number of thiazole rings is 1. The van der Waals surface area contributed by atoms with Crippen molar-refractivity contribution >= 4 is 33.5 Å². The molecule has 0 unspecified atom stereocenters.